The Hall–Kier alpha value is -6.57. The van der Waals surface area contributed by atoms with Crippen LogP contribution in [0.2, 0.25) is 0 Å². The number of benzene rings is 2. The van der Waals surface area contributed by atoms with Crippen molar-refractivity contribution in [2.75, 3.05) is 31.6 Å². The average Bonchev–Trinajstić information content (AvgIpc) is 3.58. The van der Waals surface area contributed by atoms with Crippen molar-refractivity contribution in [2.24, 2.45) is 10.7 Å². The van der Waals surface area contributed by atoms with E-state index in [-0.39, 0.29) is 80.1 Å². The van der Waals surface area contributed by atoms with Gasteiger partial charge in [-0.2, -0.15) is 0 Å². The molecule has 0 spiro atoms. The van der Waals surface area contributed by atoms with Crippen LogP contribution in [0.15, 0.2) is 89.8 Å². The van der Waals surface area contributed by atoms with Crippen LogP contribution in [-0.2, 0) is 47.0 Å². The summed E-state index contributed by atoms with van der Waals surface area (Å²) in [5.74, 6) is -1.68. The molecule has 58 heavy (non-hydrogen) atoms. The highest BCUT2D eigenvalue weighted by molar-refractivity contribution is 7.90. The highest BCUT2D eigenvalue weighted by Crippen LogP contribution is 2.19. The van der Waals surface area contributed by atoms with Gasteiger partial charge in [0.1, 0.15) is 37.7 Å². The van der Waals surface area contributed by atoms with Gasteiger partial charge in [0.25, 0.3) is 10.0 Å². The topological polar surface area (TPSA) is 251 Å². The Morgan fingerprint density at radius 1 is 1.02 bits per heavy atom. The predicted octanol–water partition coefficient (Wildman–Crippen LogP) is 3.41. The number of imidazole rings is 1. The molecule has 0 saturated carbocycles. The van der Waals surface area contributed by atoms with E-state index in [0.29, 0.717) is 0 Å². The second-order valence-electron chi connectivity index (χ2n) is 13.7. The van der Waals surface area contributed by atoms with Gasteiger partial charge in [-0.1, -0.05) is 60.7 Å². The number of alkyl carbamates (subject to hydrolysis) is 1. The van der Waals surface area contributed by atoms with Gasteiger partial charge in [0.15, 0.2) is 17.0 Å². The summed E-state index contributed by atoms with van der Waals surface area (Å²) < 4.78 is 45.2. The molecule has 2 aromatic carbocycles. The third-order valence-corrected chi connectivity index (χ3v) is 9.33. The van der Waals surface area contributed by atoms with E-state index in [4.69, 9.17) is 19.9 Å². The number of anilines is 1. The molecule has 1 atom stereocenters. The van der Waals surface area contributed by atoms with Crippen LogP contribution in [0.25, 0.3) is 11.2 Å². The van der Waals surface area contributed by atoms with Crippen LogP contribution < -0.4 is 21.1 Å². The summed E-state index contributed by atoms with van der Waals surface area (Å²) in [7, 11) is -4.00. The molecule has 0 radical (unpaired) electrons. The lowest BCUT2D eigenvalue weighted by molar-refractivity contribution is -0.154. The van der Waals surface area contributed by atoms with Crippen molar-refractivity contribution < 1.29 is 41.8 Å². The Kier molecular flexibility index (Phi) is 15.6. The molecule has 2 aromatic heterocycles. The Morgan fingerprint density at radius 3 is 2.43 bits per heavy atom. The minimum atomic E-state index is -4.00. The summed E-state index contributed by atoms with van der Waals surface area (Å²) in [5, 5.41) is 5.15. The monoisotopic (exact) mass is 820 g/mol. The van der Waals surface area contributed by atoms with Crippen LogP contribution in [0.3, 0.4) is 0 Å². The molecule has 0 fully saturated rings. The number of esters is 1. The van der Waals surface area contributed by atoms with Crippen LogP contribution in [0.4, 0.5) is 15.4 Å². The van der Waals surface area contributed by atoms with Crippen LogP contribution in [0, 0.1) is 6.92 Å². The summed E-state index contributed by atoms with van der Waals surface area (Å²) in [6, 6.07) is 14.1. The lowest BCUT2D eigenvalue weighted by Gasteiger charge is -2.31. The molecule has 19 nitrogen and oxygen atoms in total. The molecule has 2 heterocycles. The molecule has 4 rings (SSSR count). The van der Waals surface area contributed by atoms with Crippen molar-refractivity contribution in [3.05, 3.63) is 91.0 Å². The van der Waals surface area contributed by atoms with E-state index in [0.717, 1.165) is 11.1 Å². The number of rotatable bonds is 18. The first kappa shape index (κ1) is 44.1. The lowest BCUT2D eigenvalue weighted by atomic mass is 10.1. The summed E-state index contributed by atoms with van der Waals surface area (Å²) in [6.07, 6.45) is 2.52. The zero-order valence-corrected chi connectivity index (χ0v) is 33.5. The number of guanidine groups is 1. The van der Waals surface area contributed by atoms with E-state index < -0.39 is 45.7 Å². The average molecular weight is 821 g/mol. The Bertz CT molecular complexity index is 2190. The third kappa shape index (κ3) is 13.6. The van der Waals surface area contributed by atoms with Gasteiger partial charge in [0, 0.05) is 19.6 Å². The second kappa shape index (κ2) is 20.6. The highest BCUT2D eigenvalue weighted by atomic mass is 32.2. The zero-order valence-electron chi connectivity index (χ0n) is 32.7. The maximum absolute atomic E-state index is 14.2. The number of fused-ring (bicyclic) bond motifs is 1. The van der Waals surface area contributed by atoms with Gasteiger partial charge >= 0.3 is 18.2 Å². The van der Waals surface area contributed by atoms with Gasteiger partial charge in [-0.3, -0.25) is 15.1 Å². The number of carbonyl (C=O) groups excluding carboxylic acids is 4. The minimum Gasteiger partial charge on any atom is -0.460 e. The number of sulfonamides is 1. The van der Waals surface area contributed by atoms with Crippen molar-refractivity contribution in [3.63, 3.8) is 0 Å². The van der Waals surface area contributed by atoms with Crippen molar-refractivity contribution >= 4 is 57.0 Å². The number of aliphatic imine (C=N–C) groups is 1. The summed E-state index contributed by atoms with van der Waals surface area (Å²) in [5.41, 5.74) is 7.13. The first-order chi connectivity index (χ1) is 27.6. The van der Waals surface area contributed by atoms with Gasteiger partial charge < -0.3 is 34.7 Å². The molecule has 0 aliphatic heterocycles. The number of carbonyl (C=O) groups is 4. The van der Waals surface area contributed by atoms with E-state index in [1.807, 2.05) is 25.1 Å². The van der Waals surface area contributed by atoms with Gasteiger partial charge in [0.05, 0.1) is 11.2 Å². The third-order valence-electron chi connectivity index (χ3n) is 7.96. The van der Waals surface area contributed by atoms with E-state index >= 15 is 0 Å². The van der Waals surface area contributed by atoms with Crippen LogP contribution in [0.1, 0.15) is 44.7 Å². The fraction of sp³-hybridized carbons (Fsp3) is 0.368. The predicted molar refractivity (Wildman–Crippen MR) is 214 cm³/mol. The quantitative estimate of drug-likeness (QED) is 0.0281. The number of aryl methyl sites for hydroxylation is 1. The second-order valence-corrected chi connectivity index (χ2v) is 15.4. The number of nitrogens with two attached hydrogens (primary N) is 1. The Morgan fingerprint density at radius 2 is 1.74 bits per heavy atom. The molecule has 4 aromatic rings. The first-order valence-corrected chi connectivity index (χ1v) is 19.6. The largest absolute Gasteiger partial charge is 0.460 e. The minimum absolute atomic E-state index is 0.00128. The summed E-state index contributed by atoms with van der Waals surface area (Å²) in [4.78, 5) is 70.8. The fourth-order valence-electron chi connectivity index (χ4n) is 5.30. The van der Waals surface area contributed by atoms with Gasteiger partial charge in [0.2, 0.25) is 11.9 Å². The summed E-state index contributed by atoms with van der Waals surface area (Å²) in [6.45, 7) is 9.70. The van der Waals surface area contributed by atoms with E-state index in [1.165, 1.54) is 40.3 Å². The number of hydrogen-bond donors (Lipinski definition) is 4. The highest BCUT2D eigenvalue weighted by Gasteiger charge is 2.31. The van der Waals surface area contributed by atoms with E-state index in [9.17, 15) is 27.6 Å². The van der Waals surface area contributed by atoms with Crippen molar-refractivity contribution in [1.82, 2.24) is 34.5 Å². The van der Waals surface area contributed by atoms with Crippen molar-refractivity contribution in [1.29, 1.82) is 0 Å². The maximum atomic E-state index is 14.2. The van der Waals surface area contributed by atoms with Crippen molar-refractivity contribution in [3.8, 4) is 0 Å². The maximum Gasteiger partial charge on any atom is 0.413 e. The van der Waals surface area contributed by atoms with Gasteiger partial charge in [-0.05, 0) is 58.2 Å². The van der Waals surface area contributed by atoms with Crippen LogP contribution in [0.5, 0.6) is 0 Å². The smallest absolute Gasteiger partial charge is 0.413 e. The molecule has 0 saturated heterocycles. The molecule has 0 unspecified atom stereocenters. The number of amides is 3. The first-order valence-electron chi connectivity index (χ1n) is 18.1. The van der Waals surface area contributed by atoms with Gasteiger partial charge in [-0.25, -0.2) is 42.5 Å². The van der Waals surface area contributed by atoms with Crippen LogP contribution >= 0.6 is 0 Å². The number of nitrogens with zero attached hydrogens (tertiary/aromatic N) is 6. The van der Waals surface area contributed by atoms with Crippen molar-refractivity contribution in [2.45, 2.75) is 70.2 Å². The van der Waals surface area contributed by atoms with Crippen LogP contribution in [-0.4, -0.2) is 101 Å². The molecule has 0 aliphatic rings. The molecule has 0 bridgehead atoms. The Labute approximate surface area is 336 Å². The molecule has 20 heteroatoms. The number of hydrogen-bond acceptors (Lipinski definition) is 13. The lowest BCUT2D eigenvalue weighted by Crippen LogP contribution is -2.50. The molecular formula is C38H48N10O9S. The number of aromatic nitrogens is 4. The molecule has 3 amide bonds. The number of ether oxygens (including phenoxy) is 3. The Balaban J connectivity index is 1.52. The SMILES string of the molecule is C=CCOC(=O)[C@H](CCCN=C(N)NS(=O)(=O)c1ccc(C)cc1)N(CCNC(=O)OC(C)(C)C)C(=O)Cn1cnc2c(NC(=O)OCc3ccccc3)ncnc21. The normalized spacial score (nSPS) is 12.2. The summed E-state index contributed by atoms with van der Waals surface area (Å²) >= 11 is 0. The number of nitrogens with one attached hydrogen (secondary N) is 3. The van der Waals surface area contributed by atoms with E-state index in [2.05, 4.69) is 41.9 Å². The zero-order chi connectivity index (χ0) is 42.3. The molecule has 5 N–H and O–H groups in total. The standard InChI is InChI=1S/C38H48N10O9S/c1-6-21-55-34(50)29(13-10-18-40-35(39)46-58(53,54)28-16-14-26(2)15-17-28)48(20-19-41-36(51)57-38(3,4)5)30(49)22-47-25-44-31-32(42-24-43-33(31)47)45-37(52)56-23-27-11-8-7-9-12-27/h6-9,11-12,14-17,24-25,29H,1,10,13,18-23H2,2-5H3,(H,41,51)(H3,39,40,46)(H,42,43,45,52)/t29-/m0/s1. The molecule has 310 valence electrons. The molecule has 0 aliphatic carbocycles. The fourth-order valence-corrected chi connectivity index (χ4v) is 6.25. The van der Waals surface area contributed by atoms with E-state index in [1.54, 1.807) is 45.0 Å². The molecular weight excluding hydrogens is 773 g/mol. The van der Waals surface area contributed by atoms with Gasteiger partial charge in [-0.15, -0.1) is 0 Å².